The number of hydrogen-bond donors (Lipinski definition) is 0. The first-order valence-corrected chi connectivity index (χ1v) is 5.22. The lowest BCUT2D eigenvalue weighted by Crippen LogP contribution is -2.25. The van der Waals surface area contributed by atoms with Crippen molar-refractivity contribution in [3.8, 4) is 0 Å². The number of rotatable bonds is 2. The highest BCUT2D eigenvalue weighted by Crippen LogP contribution is 2.09. The standard InChI is InChI=1S/C12H12N2O3/c1-8(17-9(2)15)14-7-5-11-10(12(14)16)4-3-6-13-11/h3-8H,1-2H3. The Morgan fingerprint density at radius 3 is 2.94 bits per heavy atom. The van der Waals surface area contributed by atoms with E-state index in [4.69, 9.17) is 4.74 Å². The van der Waals surface area contributed by atoms with Crippen molar-refractivity contribution in [2.75, 3.05) is 0 Å². The summed E-state index contributed by atoms with van der Waals surface area (Å²) in [5, 5.41) is 0.508. The maximum absolute atomic E-state index is 12.1. The summed E-state index contributed by atoms with van der Waals surface area (Å²) in [7, 11) is 0. The van der Waals surface area contributed by atoms with Crippen LogP contribution in [-0.4, -0.2) is 15.5 Å². The van der Waals surface area contributed by atoms with E-state index in [9.17, 15) is 9.59 Å². The molecular formula is C12H12N2O3. The van der Waals surface area contributed by atoms with Crippen LogP contribution in [0.4, 0.5) is 0 Å². The summed E-state index contributed by atoms with van der Waals surface area (Å²) in [5.74, 6) is -0.421. The SMILES string of the molecule is CC(=O)OC(C)n1ccc2ncccc2c1=O. The van der Waals surface area contributed by atoms with Crippen LogP contribution < -0.4 is 5.56 Å². The van der Waals surface area contributed by atoms with E-state index in [0.29, 0.717) is 10.9 Å². The molecule has 0 aromatic carbocycles. The topological polar surface area (TPSA) is 61.2 Å². The molecule has 2 rings (SSSR count). The molecule has 0 saturated carbocycles. The van der Waals surface area contributed by atoms with E-state index in [2.05, 4.69) is 4.98 Å². The number of carbonyl (C=O) groups is 1. The molecule has 0 aliphatic rings. The fourth-order valence-corrected chi connectivity index (χ4v) is 1.67. The number of esters is 1. The maximum atomic E-state index is 12.1. The van der Waals surface area contributed by atoms with Gasteiger partial charge in [0.1, 0.15) is 0 Å². The Hall–Kier alpha value is -2.17. The van der Waals surface area contributed by atoms with E-state index in [1.54, 1.807) is 37.5 Å². The van der Waals surface area contributed by atoms with E-state index >= 15 is 0 Å². The van der Waals surface area contributed by atoms with Gasteiger partial charge in [0.05, 0.1) is 10.9 Å². The summed E-state index contributed by atoms with van der Waals surface area (Å²) >= 11 is 0. The van der Waals surface area contributed by atoms with E-state index in [0.717, 1.165) is 0 Å². The van der Waals surface area contributed by atoms with E-state index < -0.39 is 12.2 Å². The van der Waals surface area contributed by atoms with Crippen LogP contribution in [0, 0.1) is 0 Å². The number of hydrogen-bond acceptors (Lipinski definition) is 4. The third-order valence-corrected chi connectivity index (χ3v) is 2.42. The zero-order valence-electron chi connectivity index (χ0n) is 9.58. The molecule has 0 aliphatic carbocycles. The molecule has 5 nitrogen and oxygen atoms in total. The van der Waals surface area contributed by atoms with Crippen molar-refractivity contribution in [2.45, 2.75) is 20.1 Å². The summed E-state index contributed by atoms with van der Waals surface area (Å²) in [6, 6.07) is 5.11. The molecular weight excluding hydrogens is 220 g/mol. The lowest BCUT2D eigenvalue weighted by molar-refractivity contribution is -0.149. The Balaban J connectivity index is 2.53. The van der Waals surface area contributed by atoms with Gasteiger partial charge >= 0.3 is 5.97 Å². The normalized spacial score (nSPS) is 12.4. The largest absolute Gasteiger partial charge is 0.442 e. The average Bonchev–Trinajstić information content (AvgIpc) is 2.28. The van der Waals surface area contributed by atoms with Gasteiger partial charge in [-0.15, -0.1) is 0 Å². The average molecular weight is 232 g/mol. The summed E-state index contributed by atoms with van der Waals surface area (Å²) in [6.45, 7) is 2.95. The Morgan fingerprint density at radius 2 is 2.24 bits per heavy atom. The van der Waals surface area contributed by atoms with Gasteiger partial charge in [-0.3, -0.25) is 19.1 Å². The predicted octanol–water partition coefficient (Wildman–Crippen LogP) is 1.48. The Morgan fingerprint density at radius 1 is 1.47 bits per heavy atom. The number of pyridine rings is 2. The first-order valence-electron chi connectivity index (χ1n) is 5.22. The second-order valence-corrected chi connectivity index (χ2v) is 3.67. The monoisotopic (exact) mass is 232 g/mol. The van der Waals surface area contributed by atoms with Gasteiger partial charge in [0.15, 0.2) is 6.23 Å². The number of aromatic nitrogens is 2. The van der Waals surface area contributed by atoms with Gasteiger partial charge in [-0.1, -0.05) is 0 Å². The van der Waals surface area contributed by atoms with E-state index in [1.165, 1.54) is 11.5 Å². The summed E-state index contributed by atoms with van der Waals surface area (Å²) in [5.41, 5.74) is 0.410. The Kier molecular flexibility index (Phi) is 2.91. The maximum Gasteiger partial charge on any atom is 0.304 e. The van der Waals surface area contributed by atoms with Crippen molar-refractivity contribution in [2.24, 2.45) is 0 Å². The highest BCUT2D eigenvalue weighted by molar-refractivity contribution is 5.76. The van der Waals surface area contributed by atoms with Crippen molar-refractivity contribution in [1.82, 2.24) is 9.55 Å². The number of fused-ring (bicyclic) bond motifs is 1. The van der Waals surface area contributed by atoms with Gasteiger partial charge in [-0.05, 0) is 25.1 Å². The third kappa shape index (κ3) is 2.18. The molecule has 0 bridgehead atoms. The highest BCUT2D eigenvalue weighted by Gasteiger charge is 2.11. The lowest BCUT2D eigenvalue weighted by Gasteiger charge is -2.15. The fourth-order valence-electron chi connectivity index (χ4n) is 1.67. The van der Waals surface area contributed by atoms with Gasteiger partial charge in [-0.25, -0.2) is 0 Å². The first-order chi connectivity index (χ1) is 8.09. The number of ether oxygens (including phenoxy) is 1. The molecule has 17 heavy (non-hydrogen) atoms. The molecule has 88 valence electrons. The molecule has 0 N–H and O–H groups in total. The molecule has 0 saturated heterocycles. The van der Waals surface area contributed by atoms with Crippen molar-refractivity contribution < 1.29 is 9.53 Å². The van der Waals surface area contributed by atoms with E-state index in [1.807, 2.05) is 0 Å². The van der Waals surface area contributed by atoms with Crippen LogP contribution in [-0.2, 0) is 9.53 Å². The quantitative estimate of drug-likeness (QED) is 0.736. The molecule has 0 fully saturated rings. The lowest BCUT2D eigenvalue weighted by atomic mass is 10.2. The van der Waals surface area contributed by atoms with Crippen LogP contribution in [0.1, 0.15) is 20.1 Å². The summed E-state index contributed by atoms with van der Waals surface area (Å²) < 4.78 is 6.34. The van der Waals surface area contributed by atoms with Crippen molar-refractivity contribution in [3.63, 3.8) is 0 Å². The zero-order valence-corrected chi connectivity index (χ0v) is 9.58. The minimum atomic E-state index is -0.621. The van der Waals surface area contributed by atoms with Crippen LogP contribution in [0.2, 0.25) is 0 Å². The summed E-state index contributed by atoms with van der Waals surface area (Å²) in [6.07, 6.45) is 2.58. The van der Waals surface area contributed by atoms with Crippen molar-refractivity contribution in [3.05, 3.63) is 40.9 Å². The number of carbonyl (C=O) groups excluding carboxylic acids is 1. The van der Waals surface area contributed by atoms with Crippen molar-refractivity contribution in [1.29, 1.82) is 0 Å². The number of nitrogens with zero attached hydrogens (tertiary/aromatic N) is 2. The van der Waals surface area contributed by atoms with Gasteiger partial charge in [0, 0.05) is 19.3 Å². The molecule has 0 amide bonds. The van der Waals surface area contributed by atoms with Crippen LogP contribution >= 0.6 is 0 Å². The Labute approximate surface area is 97.7 Å². The molecule has 0 radical (unpaired) electrons. The van der Waals surface area contributed by atoms with Crippen LogP contribution in [0.15, 0.2) is 35.4 Å². The highest BCUT2D eigenvalue weighted by atomic mass is 16.6. The molecule has 0 aliphatic heterocycles. The summed E-state index contributed by atoms with van der Waals surface area (Å²) in [4.78, 5) is 27.0. The smallest absolute Gasteiger partial charge is 0.304 e. The molecule has 1 unspecified atom stereocenters. The third-order valence-electron chi connectivity index (χ3n) is 2.42. The van der Waals surface area contributed by atoms with Gasteiger partial charge in [0.2, 0.25) is 0 Å². The zero-order chi connectivity index (χ0) is 12.4. The van der Waals surface area contributed by atoms with Crippen LogP contribution in [0.5, 0.6) is 0 Å². The first kappa shape index (κ1) is 11.3. The van der Waals surface area contributed by atoms with Crippen molar-refractivity contribution >= 4 is 16.9 Å². The second-order valence-electron chi connectivity index (χ2n) is 3.67. The second kappa shape index (κ2) is 4.37. The molecule has 5 heteroatoms. The molecule has 2 aromatic rings. The van der Waals surface area contributed by atoms with Crippen LogP contribution in [0.3, 0.4) is 0 Å². The molecule has 1 atom stereocenters. The van der Waals surface area contributed by atoms with Gasteiger partial charge in [0.25, 0.3) is 5.56 Å². The predicted molar refractivity (Wildman–Crippen MR) is 62.5 cm³/mol. The van der Waals surface area contributed by atoms with Crippen LogP contribution in [0.25, 0.3) is 10.9 Å². The minimum absolute atomic E-state index is 0.218. The van der Waals surface area contributed by atoms with Gasteiger partial charge < -0.3 is 4.74 Å². The molecule has 2 heterocycles. The Bertz CT molecular complexity index is 618. The van der Waals surface area contributed by atoms with Gasteiger partial charge in [-0.2, -0.15) is 0 Å². The molecule has 2 aromatic heterocycles. The van der Waals surface area contributed by atoms with E-state index in [-0.39, 0.29) is 5.56 Å². The minimum Gasteiger partial charge on any atom is -0.442 e. The fraction of sp³-hybridized carbons (Fsp3) is 0.250. The molecule has 0 spiro atoms.